The number of nitrogens with zero attached hydrogens (tertiary/aromatic N) is 5. The molecule has 0 spiro atoms. The molecule has 2 atom stereocenters. The van der Waals surface area contributed by atoms with Gasteiger partial charge < -0.3 is 14.9 Å². The topological polar surface area (TPSA) is 183 Å². The van der Waals surface area contributed by atoms with Gasteiger partial charge in [0.25, 0.3) is 5.91 Å². The predicted octanol–water partition coefficient (Wildman–Crippen LogP) is 3.03. The van der Waals surface area contributed by atoms with E-state index in [2.05, 4.69) is 31.0 Å². The molecule has 7 rings (SSSR count). The van der Waals surface area contributed by atoms with Crippen molar-refractivity contribution in [2.75, 3.05) is 37.0 Å². The molecular weight excluding hydrogens is 746 g/mol. The van der Waals surface area contributed by atoms with Gasteiger partial charge in [0.05, 0.1) is 17.1 Å². The lowest BCUT2D eigenvalue weighted by Crippen LogP contribution is -2.44. The Morgan fingerprint density at radius 2 is 1.71 bits per heavy atom. The van der Waals surface area contributed by atoms with Gasteiger partial charge in [0.15, 0.2) is 5.82 Å². The third-order valence-electron chi connectivity index (χ3n) is 11.5. The average molecular weight is 794 g/mol. The van der Waals surface area contributed by atoms with E-state index in [1.54, 1.807) is 21.2 Å². The second kappa shape index (κ2) is 14.8. The Morgan fingerprint density at radius 3 is 2.38 bits per heavy atom. The summed E-state index contributed by atoms with van der Waals surface area (Å²) >= 11 is 0. The highest BCUT2D eigenvalue weighted by molar-refractivity contribution is 7.92. The maximum Gasteiger partial charge on any atom is 0.329 e. The number of amides is 4. The molecule has 3 aromatic rings. The van der Waals surface area contributed by atoms with Crippen molar-refractivity contribution in [2.24, 2.45) is 12.5 Å². The number of phenolic OH excluding ortho intramolecular Hbond substituents is 1. The van der Waals surface area contributed by atoms with Gasteiger partial charge in [0.2, 0.25) is 17.7 Å². The summed E-state index contributed by atoms with van der Waals surface area (Å²) in [5.74, 6) is -3.11. The van der Waals surface area contributed by atoms with E-state index in [-0.39, 0.29) is 66.2 Å². The van der Waals surface area contributed by atoms with Crippen LogP contribution in [0, 0.1) is 11.2 Å². The van der Waals surface area contributed by atoms with Gasteiger partial charge in [-0.15, -0.1) is 0 Å². The van der Waals surface area contributed by atoms with Gasteiger partial charge in [-0.2, -0.15) is 8.42 Å². The third kappa shape index (κ3) is 7.57. The number of aromatic hydroxyl groups is 1. The van der Waals surface area contributed by atoms with E-state index in [9.17, 15) is 37.5 Å². The molecular formula is C39H48FN7O8S. The quantitative estimate of drug-likeness (QED) is 0.274. The minimum Gasteiger partial charge on any atom is -0.506 e. The summed E-state index contributed by atoms with van der Waals surface area (Å²) in [6, 6.07) is 7.40. The van der Waals surface area contributed by atoms with Crippen LogP contribution in [0.2, 0.25) is 0 Å². The van der Waals surface area contributed by atoms with Crippen molar-refractivity contribution in [1.82, 2.24) is 29.0 Å². The second-order valence-corrected chi connectivity index (χ2v) is 18.1. The molecule has 3 fully saturated rings. The smallest absolute Gasteiger partial charge is 0.329 e. The summed E-state index contributed by atoms with van der Waals surface area (Å²) in [6.45, 7) is 7.84. The molecule has 4 aliphatic heterocycles. The highest BCUT2D eigenvalue weighted by atomic mass is 32.2. The number of imide groups is 1. The zero-order valence-corrected chi connectivity index (χ0v) is 32.8. The van der Waals surface area contributed by atoms with E-state index in [4.69, 9.17) is 0 Å². The van der Waals surface area contributed by atoms with Gasteiger partial charge in [0.1, 0.15) is 24.0 Å². The van der Waals surface area contributed by atoms with Crippen molar-refractivity contribution < 1.29 is 37.1 Å². The number of hydrogen-bond acceptors (Lipinski definition) is 9. The molecule has 4 amide bonds. The number of rotatable bonds is 9. The molecule has 0 radical (unpaired) electrons. The summed E-state index contributed by atoms with van der Waals surface area (Å²) in [5.41, 5.74) is 2.07. The number of phenols is 1. The lowest BCUT2D eigenvalue weighted by Gasteiger charge is -2.33. The van der Waals surface area contributed by atoms with E-state index >= 15 is 4.39 Å². The number of carbonyl (C=O) groups excluding carboxylic acids is 4. The lowest BCUT2D eigenvalue weighted by atomic mass is 9.88. The summed E-state index contributed by atoms with van der Waals surface area (Å²) in [7, 11) is -2.70. The molecule has 15 nitrogen and oxygen atoms in total. The normalized spacial score (nSPS) is 22.2. The maximum absolute atomic E-state index is 16.1. The minimum atomic E-state index is -4.38. The van der Waals surface area contributed by atoms with E-state index in [0.717, 1.165) is 43.4 Å². The van der Waals surface area contributed by atoms with Crippen LogP contribution in [0.25, 0.3) is 16.6 Å². The standard InChI is InChI=1S/C39H48FN7O8S/c1-39(2,3)15-11-26-19-25(27-6-9-31(48)36(35(27)40)46-22-33(50)42-56(46,54)55)21-45(26)34(51)14-18-44-16-12-23(13-17-44)24-5-7-28-30(20-24)43(4)38(53)47(28)29-8-10-32(49)41-37(29)52/h5-7,9,19-20,23,26,29,48H,8,10-18,21-22H2,1-4H3,(H,42,50)(H,41,49,52)/t26-,29?/m1/s1. The number of likely N-dealkylation sites (tertiary alicyclic amines) is 1. The molecule has 0 saturated carbocycles. The molecule has 17 heteroatoms. The van der Waals surface area contributed by atoms with Crippen LogP contribution < -0.4 is 20.0 Å². The minimum absolute atomic E-state index is 0.0209. The predicted molar refractivity (Wildman–Crippen MR) is 206 cm³/mol. The molecule has 3 saturated heterocycles. The Morgan fingerprint density at radius 1 is 0.982 bits per heavy atom. The van der Waals surface area contributed by atoms with Gasteiger partial charge in [0, 0.05) is 38.5 Å². The van der Waals surface area contributed by atoms with Crippen LogP contribution >= 0.6 is 0 Å². The number of aromatic nitrogens is 2. The number of halogens is 1. The number of piperidine rings is 2. The van der Waals surface area contributed by atoms with Gasteiger partial charge in [-0.05, 0) is 91.9 Å². The molecule has 0 aliphatic carbocycles. The van der Waals surface area contributed by atoms with Crippen LogP contribution in [-0.2, 0) is 36.4 Å². The van der Waals surface area contributed by atoms with Crippen molar-refractivity contribution >= 4 is 56.1 Å². The highest BCUT2D eigenvalue weighted by Crippen LogP contribution is 2.40. The van der Waals surface area contributed by atoms with E-state index in [1.807, 2.05) is 24.3 Å². The largest absolute Gasteiger partial charge is 0.506 e. The number of carbonyl (C=O) groups is 4. The van der Waals surface area contributed by atoms with Crippen molar-refractivity contribution in [2.45, 2.75) is 83.7 Å². The first-order valence-corrected chi connectivity index (χ1v) is 20.5. The zero-order chi connectivity index (χ0) is 40.3. The van der Waals surface area contributed by atoms with Gasteiger partial charge in [-0.25, -0.2) is 18.2 Å². The van der Waals surface area contributed by atoms with Crippen LogP contribution in [0.5, 0.6) is 5.75 Å². The number of anilines is 1. The number of nitrogens with one attached hydrogen (secondary N) is 2. The van der Waals surface area contributed by atoms with Crippen LogP contribution in [0.3, 0.4) is 0 Å². The van der Waals surface area contributed by atoms with Crippen LogP contribution in [-0.4, -0.2) is 94.9 Å². The van der Waals surface area contributed by atoms with E-state index < -0.39 is 51.9 Å². The van der Waals surface area contributed by atoms with Crippen LogP contribution in [0.1, 0.15) is 88.8 Å². The van der Waals surface area contributed by atoms with Crippen molar-refractivity contribution in [3.8, 4) is 5.75 Å². The Labute approximate surface area is 324 Å². The van der Waals surface area contributed by atoms with Crippen molar-refractivity contribution in [3.63, 3.8) is 0 Å². The number of hydrogen-bond donors (Lipinski definition) is 3. The zero-order valence-electron chi connectivity index (χ0n) is 32.0. The third-order valence-corrected chi connectivity index (χ3v) is 12.9. The molecule has 56 heavy (non-hydrogen) atoms. The van der Waals surface area contributed by atoms with Crippen LogP contribution in [0.4, 0.5) is 10.1 Å². The fourth-order valence-electron chi connectivity index (χ4n) is 8.38. The first-order chi connectivity index (χ1) is 26.4. The molecule has 0 bridgehead atoms. The van der Waals surface area contributed by atoms with Crippen molar-refractivity contribution in [1.29, 1.82) is 0 Å². The Hall–Kier alpha value is -5.03. The fraction of sp³-hybridized carbons (Fsp3) is 0.513. The monoisotopic (exact) mass is 793 g/mol. The summed E-state index contributed by atoms with van der Waals surface area (Å²) in [4.78, 5) is 67.3. The summed E-state index contributed by atoms with van der Waals surface area (Å²) in [6.07, 6.45) is 5.68. The number of fused-ring (bicyclic) bond motifs is 1. The Balaban J connectivity index is 1.01. The lowest BCUT2D eigenvalue weighted by molar-refractivity contribution is -0.136. The SMILES string of the molecule is Cn1c(=O)n(C2CCC(=O)NC2=O)c2ccc(C3CCN(CCC(=O)N4CC(c5ccc(O)c(N6CC(=O)NS6(=O)=O)c5F)=C[C@H]4CCC(C)(C)C)CC3)cc21. The molecule has 4 aliphatic rings. The van der Waals surface area contributed by atoms with Gasteiger partial charge in [-0.1, -0.05) is 32.9 Å². The van der Waals surface area contributed by atoms with E-state index in [0.29, 0.717) is 28.4 Å². The van der Waals surface area contributed by atoms with Gasteiger partial charge in [-0.3, -0.25) is 33.6 Å². The number of imidazole rings is 1. The molecule has 1 unspecified atom stereocenters. The summed E-state index contributed by atoms with van der Waals surface area (Å²) < 4.78 is 46.5. The van der Waals surface area contributed by atoms with Gasteiger partial charge >= 0.3 is 15.9 Å². The second-order valence-electron chi connectivity index (χ2n) is 16.5. The highest BCUT2D eigenvalue weighted by Gasteiger charge is 2.39. The summed E-state index contributed by atoms with van der Waals surface area (Å²) in [5, 5.41) is 12.8. The van der Waals surface area contributed by atoms with E-state index in [1.165, 1.54) is 16.7 Å². The average Bonchev–Trinajstić information content (AvgIpc) is 3.76. The fourth-order valence-corrected chi connectivity index (χ4v) is 9.54. The molecule has 1 aromatic heterocycles. The Kier molecular flexibility index (Phi) is 10.4. The first-order valence-electron chi connectivity index (χ1n) is 19.0. The molecule has 5 heterocycles. The number of aryl methyl sites for hydroxylation is 1. The maximum atomic E-state index is 16.1. The molecule has 2 aromatic carbocycles. The molecule has 300 valence electrons. The Bertz CT molecular complexity index is 2320. The first kappa shape index (κ1) is 39.2. The van der Waals surface area contributed by atoms with Crippen molar-refractivity contribution in [3.05, 3.63) is 63.8 Å². The molecule has 3 N–H and O–H groups in total. The van der Waals surface area contributed by atoms with Crippen LogP contribution in [0.15, 0.2) is 41.2 Å². The number of benzene rings is 2.